The minimum Gasteiger partial charge on any atom is -0.481 e. The van der Waals surface area contributed by atoms with Crippen LogP contribution >= 0.6 is 0 Å². The lowest BCUT2D eigenvalue weighted by molar-refractivity contribution is 0.398. The van der Waals surface area contributed by atoms with Gasteiger partial charge in [-0.1, -0.05) is 0 Å². The van der Waals surface area contributed by atoms with Crippen LogP contribution in [0, 0.1) is 0 Å². The summed E-state index contributed by atoms with van der Waals surface area (Å²) in [5.41, 5.74) is 0.954. The SMILES string of the molecule is COc1cc(NC(C)c2ccco2)ccn1. The van der Waals surface area contributed by atoms with Crippen molar-refractivity contribution in [2.75, 3.05) is 12.4 Å². The second-order valence-electron chi connectivity index (χ2n) is 3.47. The molecule has 84 valence electrons. The fraction of sp³-hybridized carbons (Fsp3) is 0.250. The van der Waals surface area contributed by atoms with E-state index in [1.54, 1.807) is 19.6 Å². The molecule has 1 unspecified atom stereocenters. The van der Waals surface area contributed by atoms with E-state index in [0.717, 1.165) is 11.4 Å². The van der Waals surface area contributed by atoms with Crippen LogP contribution in [-0.2, 0) is 0 Å². The Bertz CT molecular complexity index is 440. The van der Waals surface area contributed by atoms with Gasteiger partial charge in [0, 0.05) is 18.0 Å². The van der Waals surface area contributed by atoms with E-state index in [9.17, 15) is 0 Å². The number of furan rings is 1. The monoisotopic (exact) mass is 218 g/mol. The van der Waals surface area contributed by atoms with Crippen LogP contribution in [-0.4, -0.2) is 12.1 Å². The molecule has 1 atom stereocenters. The standard InChI is InChI=1S/C12H14N2O2/c1-9(11-4-3-7-16-11)14-10-5-6-13-12(8-10)15-2/h3-9H,1-2H3,(H,13,14). The van der Waals surface area contributed by atoms with Gasteiger partial charge in [0.15, 0.2) is 0 Å². The number of pyridine rings is 1. The molecule has 2 aromatic heterocycles. The zero-order valence-corrected chi connectivity index (χ0v) is 9.31. The molecular weight excluding hydrogens is 204 g/mol. The number of hydrogen-bond acceptors (Lipinski definition) is 4. The molecular formula is C12H14N2O2. The molecule has 4 heteroatoms. The Morgan fingerprint density at radius 2 is 2.31 bits per heavy atom. The lowest BCUT2D eigenvalue weighted by Gasteiger charge is -2.13. The van der Waals surface area contributed by atoms with E-state index < -0.39 is 0 Å². The molecule has 0 amide bonds. The summed E-state index contributed by atoms with van der Waals surface area (Å²) in [4.78, 5) is 4.04. The normalized spacial score (nSPS) is 12.1. The number of methoxy groups -OCH3 is 1. The fourth-order valence-corrected chi connectivity index (χ4v) is 1.47. The number of nitrogens with one attached hydrogen (secondary N) is 1. The van der Waals surface area contributed by atoms with Gasteiger partial charge in [0.05, 0.1) is 19.4 Å². The largest absolute Gasteiger partial charge is 0.481 e. The minimum absolute atomic E-state index is 0.113. The van der Waals surface area contributed by atoms with Gasteiger partial charge in [-0.15, -0.1) is 0 Å². The first kappa shape index (κ1) is 10.5. The van der Waals surface area contributed by atoms with Gasteiger partial charge in [0.2, 0.25) is 5.88 Å². The lowest BCUT2D eigenvalue weighted by atomic mass is 10.2. The minimum atomic E-state index is 0.113. The van der Waals surface area contributed by atoms with E-state index in [4.69, 9.17) is 9.15 Å². The zero-order valence-electron chi connectivity index (χ0n) is 9.31. The average Bonchev–Trinajstić information content (AvgIpc) is 2.83. The Kier molecular flexibility index (Phi) is 3.10. The highest BCUT2D eigenvalue weighted by Gasteiger charge is 2.08. The number of anilines is 1. The second-order valence-corrected chi connectivity index (χ2v) is 3.47. The molecule has 0 saturated carbocycles. The molecule has 0 aliphatic carbocycles. The molecule has 0 saturated heterocycles. The topological polar surface area (TPSA) is 47.3 Å². The van der Waals surface area contributed by atoms with E-state index in [-0.39, 0.29) is 6.04 Å². The number of aromatic nitrogens is 1. The van der Waals surface area contributed by atoms with Crippen LogP contribution in [0.15, 0.2) is 41.1 Å². The van der Waals surface area contributed by atoms with Crippen LogP contribution in [0.5, 0.6) is 5.88 Å². The van der Waals surface area contributed by atoms with Gasteiger partial charge in [-0.25, -0.2) is 4.98 Å². The smallest absolute Gasteiger partial charge is 0.214 e. The molecule has 4 nitrogen and oxygen atoms in total. The van der Waals surface area contributed by atoms with Crippen molar-refractivity contribution < 1.29 is 9.15 Å². The van der Waals surface area contributed by atoms with Gasteiger partial charge in [-0.05, 0) is 25.1 Å². The molecule has 0 radical (unpaired) electrons. The molecule has 0 fully saturated rings. The molecule has 0 aliphatic rings. The maximum atomic E-state index is 5.31. The van der Waals surface area contributed by atoms with E-state index >= 15 is 0 Å². The molecule has 0 spiro atoms. The fourth-order valence-electron chi connectivity index (χ4n) is 1.47. The Morgan fingerprint density at radius 1 is 1.44 bits per heavy atom. The highest BCUT2D eigenvalue weighted by Crippen LogP contribution is 2.21. The summed E-state index contributed by atoms with van der Waals surface area (Å²) in [6.07, 6.45) is 3.37. The predicted molar refractivity (Wildman–Crippen MR) is 61.5 cm³/mol. The summed E-state index contributed by atoms with van der Waals surface area (Å²) in [6, 6.07) is 7.67. The zero-order chi connectivity index (χ0) is 11.4. The van der Waals surface area contributed by atoms with Crippen LogP contribution < -0.4 is 10.1 Å². The van der Waals surface area contributed by atoms with E-state index in [2.05, 4.69) is 10.3 Å². The first-order valence-electron chi connectivity index (χ1n) is 5.09. The van der Waals surface area contributed by atoms with Crippen LogP contribution in [0.1, 0.15) is 18.7 Å². The van der Waals surface area contributed by atoms with Crippen molar-refractivity contribution in [3.63, 3.8) is 0 Å². The number of rotatable bonds is 4. The molecule has 2 aromatic rings. The first-order chi connectivity index (χ1) is 7.79. The number of ether oxygens (including phenoxy) is 1. The van der Waals surface area contributed by atoms with Gasteiger partial charge in [0.25, 0.3) is 0 Å². The van der Waals surface area contributed by atoms with Crippen LogP contribution in [0.3, 0.4) is 0 Å². The molecule has 0 aliphatic heterocycles. The Labute approximate surface area is 94.3 Å². The number of hydrogen-bond donors (Lipinski definition) is 1. The van der Waals surface area contributed by atoms with Crippen LogP contribution in [0.2, 0.25) is 0 Å². The predicted octanol–water partition coefficient (Wildman–Crippen LogP) is 2.86. The third-order valence-electron chi connectivity index (χ3n) is 2.30. The van der Waals surface area contributed by atoms with Crippen molar-refractivity contribution in [2.45, 2.75) is 13.0 Å². The summed E-state index contributed by atoms with van der Waals surface area (Å²) < 4.78 is 10.4. The van der Waals surface area contributed by atoms with Gasteiger partial charge >= 0.3 is 0 Å². The van der Waals surface area contributed by atoms with Crippen LogP contribution in [0.4, 0.5) is 5.69 Å². The molecule has 0 aromatic carbocycles. The maximum Gasteiger partial charge on any atom is 0.214 e. The summed E-state index contributed by atoms with van der Waals surface area (Å²) in [5, 5.41) is 3.31. The molecule has 2 heterocycles. The summed E-state index contributed by atoms with van der Waals surface area (Å²) >= 11 is 0. The molecule has 0 bridgehead atoms. The van der Waals surface area contributed by atoms with Crippen LogP contribution in [0.25, 0.3) is 0 Å². The van der Waals surface area contributed by atoms with Crippen molar-refractivity contribution >= 4 is 5.69 Å². The molecule has 16 heavy (non-hydrogen) atoms. The van der Waals surface area contributed by atoms with Crippen molar-refractivity contribution in [2.24, 2.45) is 0 Å². The molecule has 1 N–H and O–H groups in total. The van der Waals surface area contributed by atoms with Gasteiger partial charge in [-0.2, -0.15) is 0 Å². The summed E-state index contributed by atoms with van der Waals surface area (Å²) in [6.45, 7) is 2.03. The Hall–Kier alpha value is -1.97. The van der Waals surface area contributed by atoms with Gasteiger partial charge < -0.3 is 14.5 Å². The lowest BCUT2D eigenvalue weighted by Crippen LogP contribution is -2.05. The van der Waals surface area contributed by atoms with Crippen molar-refractivity contribution in [1.29, 1.82) is 0 Å². The summed E-state index contributed by atoms with van der Waals surface area (Å²) in [7, 11) is 1.60. The molecule has 2 rings (SSSR count). The first-order valence-corrected chi connectivity index (χ1v) is 5.09. The van der Waals surface area contributed by atoms with E-state index in [1.165, 1.54) is 0 Å². The quantitative estimate of drug-likeness (QED) is 0.857. The van der Waals surface area contributed by atoms with E-state index in [1.807, 2.05) is 31.2 Å². The Balaban J connectivity index is 2.08. The number of nitrogens with zero attached hydrogens (tertiary/aromatic N) is 1. The second kappa shape index (κ2) is 4.70. The van der Waals surface area contributed by atoms with Crippen molar-refractivity contribution in [3.8, 4) is 5.88 Å². The van der Waals surface area contributed by atoms with E-state index in [0.29, 0.717) is 5.88 Å². The van der Waals surface area contributed by atoms with Gasteiger partial charge in [-0.3, -0.25) is 0 Å². The third-order valence-corrected chi connectivity index (χ3v) is 2.30. The maximum absolute atomic E-state index is 5.31. The van der Waals surface area contributed by atoms with Crippen molar-refractivity contribution in [1.82, 2.24) is 4.98 Å². The average molecular weight is 218 g/mol. The Morgan fingerprint density at radius 3 is 3.00 bits per heavy atom. The third kappa shape index (κ3) is 2.34. The van der Waals surface area contributed by atoms with Gasteiger partial charge in [0.1, 0.15) is 5.76 Å². The summed E-state index contributed by atoms with van der Waals surface area (Å²) in [5.74, 6) is 1.49. The van der Waals surface area contributed by atoms with Crippen molar-refractivity contribution in [3.05, 3.63) is 42.5 Å². The highest BCUT2D eigenvalue weighted by molar-refractivity contribution is 5.46. The highest BCUT2D eigenvalue weighted by atomic mass is 16.5.